The van der Waals surface area contributed by atoms with Crippen LogP contribution in [0.2, 0.25) is 5.02 Å². The molecule has 2 N–H and O–H groups in total. The van der Waals surface area contributed by atoms with E-state index in [9.17, 15) is 0 Å². The van der Waals surface area contributed by atoms with Crippen molar-refractivity contribution in [2.24, 2.45) is 0 Å². The first-order chi connectivity index (χ1) is 11.6. The Morgan fingerprint density at radius 1 is 1.04 bits per heavy atom. The average Bonchev–Trinajstić information content (AvgIpc) is 2.59. The van der Waals surface area contributed by atoms with Crippen LogP contribution in [-0.4, -0.2) is 9.97 Å². The van der Waals surface area contributed by atoms with Gasteiger partial charge in [0, 0.05) is 22.9 Å². The standard InChI is InChI=1S/C19H19ClN4/c1-13-8-9-16(12-17(13)20)23-19-21-11-10-18(24-19)22-14(2)15-6-4-3-5-7-15/h3-12,14H,1-2H3,(H2,21,22,23,24). The zero-order valence-corrected chi connectivity index (χ0v) is 14.4. The van der Waals surface area contributed by atoms with Crippen molar-refractivity contribution in [1.82, 2.24) is 9.97 Å². The van der Waals surface area contributed by atoms with Gasteiger partial charge in [-0.15, -0.1) is 0 Å². The molecule has 1 aromatic heterocycles. The maximum absolute atomic E-state index is 6.15. The SMILES string of the molecule is Cc1ccc(Nc2nccc(NC(C)c3ccccc3)n2)cc1Cl. The highest BCUT2D eigenvalue weighted by Gasteiger charge is 2.07. The molecule has 1 heterocycles. The highest BCUT2D eigenvalue weighted by atomic mass is 35.5. The van der Waals surface area contributed by atoms with E-state index in [1.807, 2.05) is 49.4 Å². The summed E-state index contributed by atoms with van der Waals surface area (Å²) in [6, 6.07) is 18.0. The molecule has 0 fully saturated rings. The number of halogens is 1. The maximum atomic E-state index is 6.15. The van der Waals surface area contributed by atoms with Crippen LogP contribution in [0.3, 0.4) is 0 Å². The molecule has 0 aliphatic carbocycles. The van der Waals surface area contributed by atoms with Gasteiger partial charge in [-0.2, -0.15) is 4.98 Å². The van der Waals surface area contributed by atoms with Crippen LogP contribution in [0.4, 0.5) is 17.5 Å². The fourth-order valence-corrected chi connectivity index (χ4v) is 2.53. The highest BCUT2D eigenvalue weighted by molar-refractivity contribution is 6.31. The van der Waals surface area contributed by atoms with Crippen molar-refractivity contribution >= 4 is 29.1 Å². The molecule has 0 spiro atoms. The number of aromatic nitrogens is 2. The molecule has 3 aromatic rings. The Labute approximate surface area is 146 Å². The summed E-state index contributed by atoms with van der Waals surface area (Å²) in [5.74, 6) is 1.29. The number of nitrogens with one attached hydrogen (secondary N) is 2. The fourth-order valence-electron chi connectivity index (χ4n) is 2.35. The molecule has 1 atom stereocenters. The van der Waals surface area contributed by atoms with E-state index < -0.39 is 0 Å². The molecule has 0 aliphatic heterocycles. The molecule has 122 valence electrons. The first kappa shape index (κ1) is 16.3. The number of nitrogens with zero attached hydrogens (tertiary/aromatic N) is 2. The van der Waals surface area contributed by atoms with Gasteiger partial charge < -0.3 is 10.6 Å². The van der Waals surface area contributed by atoms with Crippen molar-refractivity contribution in [3.63, 3.8) is 0 Å². The van der Waals surface area contributed by atoms with E-state index in [0.29, 0.717) is 11.0 Å². The lowest BCUT2D eigenvalue weighted by atomic mass is 10.1. The molecule has 1 unspecified atom stereocenters. The summed E-state index contributed by atoms with van der Waals surface area (Å²) < 4.78 is 0. The van der Waals surface area contributed by atoms with Crippen LogP contribution >= 0.6 is 11.6 Å². The third-order valence-electron chi connectivity index (χ3n) is 3.75. The Morgan fingerprint density at radius 2 is 1.83 bits per heavy atom. The monoisotopic (exact) mass is 338 g/mol. The van der Waals surface area contributed by atoms with Crippen LogP contribution < -0.4 is 10.6 Å². The molecule has 24 heavy (non-hydrogen) atoms. The van der Waals surface area contributed by atoms with E-state index in [0.717, 1.165) is 17.1 Å². The van der Waals surface area contributed by atoms with Gasteiger partial charge in [0.25, 0.3) is 0 Å². The molecule has 4 nitrogen and oxygen atoms in total. The molecule has 5 heteroatoms. The molecule has 3 rings (SSSR count). The molecule has 2 aromatic carbocycles. The first-order valence-electron chi connectivity index (χ1n) is 7.79. The van der Waals surface area contributed by atoms with Crippen molar-refractivity contribution in [1.29, 1.82) is 0 Å². The normalized spacial score (nSPS) is 11.8. The predicted octanol–water partition coefficient (Wildman–Crippen LogP) is 5.36. The van der Waals surface area contributed by atoms with Crippen LogP contribution in [0.1, 0.15) is 24.1 Å². The van der Waals surface area contributed by atoms with Gasteiger partial charge in [-0.05, 0) is 43.2 Å². The number of anilines is 3. The number of benzene rings is 2. The third-order valence-corrected chi connectivity index (χ3v) is 4.15. The second kappa shape index (κ2) is 7.32. The van der Waals surface area contributed by atoms with Crippen molar-refractivity contribution < 1.29 is 0 Å². The number of aryl methyl sites for hydroxylation is 1. The van der Waals surface area contributed by atoms with Crippen LogP contribution in [0, 0.1) is 6.92 Å². The van der Waals surface area contributed by atoms with E-state index in [2.05, 4.69) is 39.7 Å². The van der Waals surface area contributed by atoms with Gasteiger partial charge in [0.2, 0.25) is 5.95 Å². The second-order valence-corrected chi connectivity index (χ2v) is 6.04. The second-order valence-electron chi connectivity index (χ2n) is 5.63. The molecule has 0 bridgehead atoms. The lowest BCUT2D eigenvalue weighted by Crippen LogP contribution is -2.09. The summed E-state index contributed by atoms with van der Waals surface area (Å²) in [6.45, 7) is 4.07. The Morgan fingerprint density at radius 3 is 2.58 bits per heavy atom. The number of hydrogen-bond donors (Lipinski definition) is 2. The van der Waals surface area contributed by atoms with Gasteiger partial charge >= 0.3 is 0 Å². The molecular formula is C19H19ClN4. The smallest absolute Gasteiger partial charge is 0.229 e. The van der Waals surface area contributed by atoms with Crippen LogP contribution in [0.5, 0.6) is 0 Å². The minimum absolute atomic E-state index is 0.155. The third kappa shape index (κ3) is 4.03. The first-order valence-corrected chi connectivity index (χ1v) is 8.17. The van der Waals surface area contributed by atoms with Gasteiger partial charge in [-0.1, -0.05) is 48.0 Å². The van der Waals surface area contributed by atoms with Gasteiger partial charge in [0.1, 0.15) is 5.82 Å². The molecule has 0 aliphatic rings. The molecule has 0 radical (unpaired) electrons. The lowest BCUT2D eigenvalue weighted by molar-refractivity contribution is 0.873. The van der Waals surface area contributed by atoms with Crippen LogP contribution in [0.25, 0.3) is 0 Å². The minimum atomic E-state index is 0.155. The van der Waals surface area contributed by atoms with Crippen LogP contribution in [-0.2, 0) is 0 Å². The van der Waals surface area contributed by atoms with Crippen LogP contribution in [0.15, 0.2) is 60.8 Å². The Balaban J connectivity index is 1.73. The Kier molecular flexibility index (Phi) is 4.96. The van der Waals surface area contributed by atoms with Gasteiger partial charge in [-0.25, -0.2) is 4.98 Å². The van der Waals surface area contributed by atoms with Crippen molar-refractivity contribution in [3.8, 4) is 0 Å². The summed E-state index contributed by atoms with van der Waals surface area (Å²) in [4.78, 5) is 8.77. The predicted molar refractivity (Wildman–Crippen MR) is 100.0 cm³/mol. The number of rotatable bonds is 5. The summed E-state index contributed by atoms with van der Waals surface area (Å²) in [7, 11) is 0. The maximum Gasteiger partial charge on any atom is 0.229 e. The molecule has 0 amide bonds. The average molecular weight is 339 g/mol. The highest BCUT2D eigenvalue weighted by Crippen LogP contribution is 2.23. The van der Waals surface area contributed by atoms with E-state index in [-0.39, 0.29) is 6.04 Å². The quantitative estimate of drug-likeness (QED) is 0.658. The Hall–Kier alpha value is -2.59. The topological polar surface area (TPSA) is 49.8 Å². The summed E-state index contributed by atoms with van der Waals surface area (Å²) in [5, 5.41) is 7.28. The minimum Gasteiger partial charge on any atom is -0.363 e. The zero-order chi connectivity index (χ0) is 16.9. The van der Waals surface area contributed by atoms with E-state index in [4.69, 9.17) is 11.6 Å². The summed E-state index contributed by atoms with van der Waals surface area (Å²) in [6.07, 6.45) is 1.73. The van der Waals surface area contributed by atoms with E-state index >= 15 is 0 Å². The van der Waals surface area contributed by atoms with E-state index in [1.54, 1.807) is 6.20 Å². The van der Waals surface area contributed by atoms with Crippen molar-refractivity contribution in [2.75, 3.05) is 10.6 Å². The fraction of sp³-hybridized carbons (Fsp3) is 0.158. The molecular weight excluding hydrogens is 320 g/mol. The summed E-state index contributed by atoms with van der Waals surface area (Å²) in [5.41, 5.74) is 3.10. The summed E-state index contributed by atoms with van der Waals surface area (Å²) >= 11 is 6.15. The van der Waals surface area contributed by atoms with Gasteiger partial charge in [-0.3, -0.25) is 0 Å². The molecule has 0 saturated heterocycles. The van der Waals surface area contributed by atoms with Gasteiger partial charge in [0.05, 0.1) is 0 Å². The van der Waals surface area contributed by atoms with Crippen molar-refractivity contribution in [3.05, 3.63) is 76.9 Å². The van der Waals surface area contributed by atoms with Gasteiger partial charge in [0.15, 0.2) is 0 Å². The Bertz CT molecular complexity index is 821. The zero-order valence-electron chi connectivity index (χ0n) is 13.6. The molecule has 0 saturated carbocycles. The van der Waals surface area contributed by atoms with E-state index in [1.165, 1.54) is 5.56 Å². The van der Waals surface area contributed by atoms with Crippen molar-refractivity contribution in [2.45, 2.75) is 19.9 Å². The largest absolute Gasteiger partial charge is 0.363 e. The number of hydrogen-bond acceptors (Lipinski definition) is 4. The lowest BCUT2D eigenvalue weighted by Gasteiger charge is -2.15.